The summed E-state index contributed by atoms with van der Waals surface area (Å²) in [5, 5.41) is 3.23. The normalized spacial score (nSPS) is 19.1. The van der Waals surface area contributed by atoms with Gasteiger partial charge in [-0.3, -0.25) is 0 Å². The minimum Gasteiger partial charge on any atom is -0.313 e. The predicted octanol–water partition coefficient (Wildman–Crippen LogP) is 1.59. The molecule has 0 saturated carbocycles. The molecule has 0 radical (unpaired) electrons. The van der Waals surface area contributed by atoms with Gasteiger partial charge in [-0.2, -0.15) is 0 Å². The van der Waals surface area contributed by atoms with Crippen LogP contribution in [0.5, 0.6) is 0 Å². The summed E-state index contributed by atoms with van der Waals surface area (Å²) in [7, 11) is -7.36. The summed E-state index contributed by atoms with van der Waals surface area (Å²) in [5.41, 5.74) is 0. The summed E-state index contributed by atoms with van der Waals surface area (Å²) in [6, 6.07) is 3.75. The number of benzene rings is 1. The molecule has 0 aliphatic carbocycles. The van der Waals surface area contributed by atoms with Gasteiger partial charge >= 0.3 is 0 Å². The van der Waals surface area contributed by atoms with Crippen LogP contribution in [-0.2, 0) is 19.9 Å². The van der Waals surface area contributed by atoms with Crippen molar-refractivity contribution in [2.75, 3.05) is 19.3 Å². The lowest BCUT2D eigenvalue weighted by molar-refractivity contribution is 0.398. The molecule has 0 spiro atoms. The summed E-state index contributed by atoms with van der Waals surface area (Å²) in [6.45, 7) is 1.12. The van der Waals surface area contributed by atoms with Crippen LogP contribution < -0.4 is 10.0 Å². The van der Waals surface area contributed by atoms with Crippen molar-refractivity contribution in [1.29, 1.82) is 0 Å². The van der Waals surface area contributed by atoms with Gasteiger partial charge in [0.1, 0.15) is 4.90 Å². The molecule has 0 amide bonds. The van der Waals surface area contributed by atoms with Crippen molar-refractivity contribution in [3.8, 4) is 0 Å². The maximum Gasteiger partial charge on any atom is 0.242 e. The fourth-order valence-electron chi connectivity index (χ4n) is 2.31. The lowest BCUT2D eigenvalue weighted by Gasteiger charge is -2.23. The number of sulfone groups is 1. The van der Waals surface area contributed by atoms with E-state index < -0.39 is 19.9 Å². The van der Waals surface area contributed by atoms with Gasteiger partial charge in [0, 0.05) is 18.8 Å². The van der Waals surface area contributed by atoms with Crippen LogP contribution >= 0.6 is 24.0 Å². The van der Waals surface area contributed by atoms with Gasteiger partial charge in [-0.1, -0.05) is 18.0 Å². The van der Waals surface area contributed by atoms with Gasteiger partial charge in [0.05, 0.1) is 9.92 Å². The summed E-state index contributed by atoms with van der Waals surface area (Å²) in [6.07, 6.45) is 4.07. The Hall–Kier alpha value is -0.380. The number of sulfonamides is 1. The van der Waals surface area contributed by atoms with E-state index in [-0.39, 0.29) is 39.8 Å². The highest BCUT2D eigenvalue weighted by molar-refractivity contribution is 7.91. The molecule has 132 valence electrons. The van der Waals surface area contributed by atoms with E-state index in [4.69, 9.17) is 11.6 Å². The zero-order valence-corrected chi connectivity index (χ0v) is 15.8. The van der Waals surface area contributed by atoms with Crippen molar-refractivity contribution >= 4 is 43.9 Å². The van der Waals surface area contributed by atoms with Crippen molar-refractivity contribution < 1.29 is 16.8 Å². The van der Waals surface area contributed by atoms with Crippen LogP contribution in [0.2, 0.25) is 5.02 Å². The van der Waals surface area contributed by atoms with Crippen molar-refractivity contribution in [3.05, 3.63) is 23.2 Å². The predicted molar refractivity (Wildman–Crippen MR) is 92.6 cm³/mol. The number of halogens is 2. The maximum absolute atomic E-state index is 12.4. The molecule has 1 aliphatic heterocycles. The topological polar surface area (TPSA) is 92.3 Å². The number of hydrogen-bond acceptors (Lipinski definition) is 5. The molecule has 1 atom stereocenters. The smallest absolute Gasteiger partial charge is 0.242 e. The van der Waals surface area contributed by atoms with E-state index in [1.165, 1.54) is 12.1 Å². The maximum atomic E-state index is 12.4. The molecular formula is C13H20Cl2N2O4S2. The third-order valence-electron chi connectivity index (χ3n) is 3.55. The first-order valence-electron chi connectivity index (χ1n) is 6.93. The molecule has 1 aromatic carbocycles. The van der Waals surface area contributed by atoms with Gasteiger partial charge in [-0.05, 0) is 37.6 Å². The highest BCUT2D eigenvalue weighted by atomic mass is 35.5. The first kappa shape index (κ1) is 20.7. The number of nitrogens with one attached hydrogen (secondary N) is 2. The molecule has 1 aliphatic rings. The van der Waals surface area contributed by atoms with Crippen LogP contribution in [0, 0.1) is 0 Å². The minimum absolute atomic E-state index is 0. The lowest BCUT2D eigenvalue weighted by atomic mass is 10.1. The van der Waals surface area contributed by atoms with E-state index in [9.17, 15) is 16.8 Å². The van der Waals surface area contributed by atoms with Crippen molar-refractivity contribution in [2.24, 2.45) is 0 Å². The Morgan fingerprint density at radius 3 is 2.52 bits per heavy atom. The minimum atomic E-state index is -3.86. The third kappa shape index (κ3) is 5.58. The molecule has 23 heavy (non-hydrogen) atoms. The zero-order chi connectivity index (χ0) is 16.4. The second kappa shape index (κ2) is 8.13. The average molecular weight is 403 g/mol. The number of piperidine rings is 1. The third-order valence-corrected chi connectivity index (χ3v) is 6.57. The molecule has 1 unspecified atom stereocenters. The van der Waals surface area contributed by atoms with Gasteiger partial charge in [-0.15, -0.1) is 12.4 Å². The standard InChI is InChI=1S/C13H19ClN2O4S2.ClH/c1-21(17,18)11-5-6-12(14)13(8-11)22(19,20)16-9-10-4-2-3-7-15-10;/h5-6,8,10,15-16H,2-4,7,9H2,1H3;1H. The fraction of sp³-hybridized carbons (Fsp3) is 0.538. The van der Waals surface area contributed by atoms with Gasteiger partial charge in [0.15, 0.2) is 9.84 Å². The second-order valence-electron chi connectivity index (χ2n) is 5.36. The Morgan fingerprint density at radius 1 is 1.26 bits per heavy atom. The average Bonchev–Trinajstić information content (AvgIpc) is 2.45. The SMILES string of the molecule is CS(=O)(=O)c1ccc(Cl)c(S(=O)(=O)NCC2CCCCN2)c1.Cl. The summed E-state index contributed by atoms with van der Waals surface area (Å²) in [4.78, 5) is -0.291. The van der Waals surface area contributed by atoms with Crippen LogP contribution in [0.15, 0.2) is 28.0 Å². The fourth-order valence-corrected chi connectivity index (χ4v) is 4.63. The van der Waals surface area contributed by atoms with Crippen molar-refractivity contribution in [3.63, 3.8) is 0 Å². The molecule has 1 fully saturated rings. The molecule has 0 aromatic heterocycles. The largest absolute Gasteiger partial charge is 0.313 e. The molecule has 1 heterocycles. The lowest BCUT2D eigenvalue weighted by Crippen LogP contribution is -2.43. The molecule has 1 saturated heterocycles. The van der Waals surface area contributed by atoms with Crippen LogP contribution in [0.1, 0.15) is 19.3 Å². The number of rotatable bonds is 5. The van der Waals surface area contributed by atoms with Gasteiger partial charge in [-0.25, -0.2) is 21.6 Å². The molecule has 6 nitrogen and oxygen atoms in total. The first-order chi connectivity index (χ1) is 10.2. The summed E-state index contributed by atoms with van der Waals surface area (Å²) >= 11 is 5.92. The van der Waals surface area contributed by atoms with Gasteiger partial charge < -0.3 is 5.32 Å². The first-order valence-corrected chi connectivity index (χ1v) is 10.7. The molecule has 0 bridgehead atoms. The Balaban J connectivity index is 0.00000264. The Bertz CT molecular complexity index is 745. The van der Waals surface area contributed by atoms with E-state index in [0.29, 0.717) is 0 Å². The second-order valence-corrected chi connectivity index (χ2v) is 9.52. The molecular weight excluding hydrogens is 383 g/mol. The molecule has 2 rings (SSSR count). The highest BCUT2D eigenvalue weighted by Crippen LogP contribution is 2.24. The van der Waals surface area contributed by atoms with E-state index in [1.807, 2.05) is 0 Å². The van der Waals surface area contributed by atoms with Gasteiger partial charge in [0.2, 0.25) is 10.0 Å². The Morgan fingerprint density at radius 2 is 1.96 bits per heavy atom. The quantitative estimate of drug-likeness (QED) is 0.779. The van der Waals surface area contributed by atoms with E-state index in [0.717, 1.165) is 38.1 Å². The van der Waals surface area contributed by atoms with E-state index in [2.05, 4.69) is 10.0 Å². The highest BCUT2D eigenvalue weighted by Gasteiger charge is 2.22. The zero-order valence-electron chi connectivity index (χ0n) is 12.6. The molecule has 10 heteroatoms. The number of hydrogen-bond donors (Lipinski definition) is 2. The Kier molecular flexibility index (Phi) is 7.31. The van der Waals surface area contributed by atoms with Crippen LogP contribution in [-0.4, -0.2) is 42.2 Å². The summed E-state index contributed by atoms with van der Waals surface area (Å²) < 4.78 is 50.3. The monoisotopic (exact) mass is 402 g/mol. The van der Waals surface area contributed by atoms with Crippen molar-refractivity contribution in [1.82, 2.24) is 10.0 Å². The van der Waals surface area contributed by atoms with E-state index >= 15 is 0 Å². The van der Waals surface area contributed by atoms with Crippen molar-refractivity contribution in [2.45, 2.75) is 35.1 Å². The molecule has 1 aromatic rings. The van der Waals surface area contributed by atoms with Crippen LogP contribution in [0.4, 0.5) is 0 Å². The van der Waals surface area contributed by atoms with Crippen LogP contribution in [0.3, 0.4) is 0 Å². The van der Waals surface area contributed by atoms with Gasteiger partial charge in [0.25, 0.3) is 0 Å². The molecule has 2 N–H and O–H groups in total. The Labute approximate surface area is 148 Å². The summed E-state index contributed by atoms with van der Waals surface area (Å²) in [5.74, 6) is 0. The van der Waals surface area contributed by atoms with E-state index in [1.54, 1.807) is 0 Å². The van der Waals surface area contributed by atoms with Crippen LogP contribution in [0.25, 0.3) is 0 Å².